The van der Waals surface area contributed by atoms with Crippen LogP contribution in [0.4, 0.5) is 0 Å². The summed E-state index contributed by atoms with van der Waals surface area (Å²) < 4.78 is 3.16. The first-order valence-corrected chi connectivity index (χ1v) is 4.39. The average molecular weight is 157 g/mol. The van der Waals surface area contributed by atoms with Crippen LogP contribution in [0.3, 0.4) is 0 Å². The highest BCUT2D eigenvalue weighted by Crippen LogP contribution is 1.91. The van der Waals surface area contributed by atoms with E-state index in [0.717, 1.165) is 13.0 Å². The van der Waals surface area contributed by atoms with Gasteiger partial charge in [0.25, 0.3) is 0 Å². The molecule has 56 valence electrons. The molecule has 0 bridgehead atoms. The second kappa shape index (κ2) is 4.35. The predicted octanol–water partition coefficient (Wildman–Crippen LogP) is 0.820. The second-order valence-corrected chi connectivity index (χ2v) is 2.62. The zero-order chi connectivity index (χ0) is 7.23. The lowest BCUT2D eigenvalue weighted by Crippen LogP contribution is -2.07. The van der Waals surface area contributed by atoms with Crippen LogP contribution in [0.15, 0.2) is 12.5 Å². The summed E-state index contributed by atoms with van der Waals surface area (Å²) in [6.45, 7) is 0.989. The molecule has 0 aliphatic heterocycles. The van der Waals surface area contributed by atoms with E-state index in [0.29, 0.717) is 0 Å². The van der Waals surface area contributed by atoms with Gasteiger partial charge in [-0.05, 0) is 6.26 Å². The number of nitrogens with one attached hydrogen (secondary N) is 2. The van der Waals surface area contributed by atoms with Crippen molar-refractivity contribution < 1.29 is 0 Å². The van der Waals surface area contributed by atoms with Gasteiger partial charge in [0.15, 0.2) is 0 Å². The highest BCUT2D eigenvalue weighted by molar-refractivity contribution is 7.96. The molecule has 0 spiro atoms. The highest BCUT2D eigenvalue weighted by Gasteiger charge is 1.90. The third-order valence-corrected chi connectivity index (χ3v) is 1.69. The molecular formula is C6H11N3S. The summed E-state index contributed by atoms with van der Waals surface area (Å²) in [5.41, 5.74) is 1.18. The molecule has 0 saturated heterocycles. The molecule has 0 saturated carbocycles. The Kier molecular flexibility index (Phi) is 3.32. The van der Waals surface area contributed by atoms with Crippen LogP contribution < -0.4 is 4.72 Å². The Hall–Kier alpha value is -0.480. The van der Waals surface area contributed by atoms with Gasteiger partial charge in [-0.2, -0.15) is 0 Å². The number of rotatable bonds is 4. The molecule has 4 heteroatoms. The summed E-state index contributed by atoms with van der Waals surface area (Å²) in [5, 5.41) is 0. The third kappa shape index (κ3) is 2.41. The predicted molar refractivity (Wildman–Crippen MR) is 43.8 cm³/mol. The monoisotopic (exact) mass is 157 g/mol. The Morgan fingerprint density at radius 3 is 3.30 bits per heavy atom. The molecule has 2 N–H and O–H groups in total. The Labute approximate surface area is 64.8 Å². The Balaban J connectivity index is 2.15. The average Bonchev–Trinajstić information content (AvgIpc) is 2.41. The van der Waals surface area contributed by atoms with E-state index >= 15 is 0 Å². The van der Waals surface area contributed by atoms with Crippen LogP contribution in [0, 0.1) is 0 Å². The van der Waals surface area contributed by atoms with Crippen molar-refractivity contribution >= 4 is 11.9 Å². The lowest BCUT2D eigenvalue weighted by atomic mass is 10.3. The normalized spacial score (nSPS) is 10.1. The van der Waals surface area contributed by atoms with Crippen LogP contribution in [-0.2, 0) is 6.42 Å². The molecule has 1 aromatic rings. The van der Waals surface area contributed by atoms with Gasteiger partial charge in [0, 0.05) is 24.9 Å². The van der Waals surface area contributed by atoms with Crippen molar-refractivity contribution in [2.24, 2.45) is 0 Å². The fourth-order valence-corrected chi connectivity index (χ4v) is 1.02. The maximum atomic E-state index is 3.91. The molecule has 10 heavy (non-hydrogen) atoms. The van der Waals surface area contributed by atoms with Gasteiger partial charge in [-0.1, -0.05) is 11.9 Å². The third-order valence-electron chi connectivity index (χ3n) is 1.20. The molecule has 1 aromatic heterocycles. The molecule has 0 aliphatic rings. The van der Waals surface area contributed by atoms with Crippen molar-refractivity contribution in [3.05, 3.63) is 18.2 Å². The van der Waals surface area contributed by atoms with Gasteiger partial charge in [0.05, 0.1) is 6.33 Å². The lowest BCUT2D eigenvalue weighted by Gasteiger charge is -1.96. The van der Waals surface area contributed by atoms with E-state index in [1.165, 1.54) is 5.69 Å². The molecule has 1 rings (SSSR count). The molecule has 0 amide bonds. The fraction of sp³-hybridized carbons (Fsp3) is 0.500. The SMILES string of the molecule is CSNCCc1cnc[nH]1. The van der Waals surface area contributed by atoms with E-state index in [-0.39, 0.29) is 0 Å². The van der Waals surface area contributed by atoms with Gasteiger partial charge < -0.3 is 4.98 Å². The minimum absolute atomic E-state index is 0.989. The van der Waals surface area contributed by atoms with E-state index in [9.17, 15) is 0 Å². The molecule has 0 aliphatic carbocycles. The molecule has 0 unspecified atom stereocenters. The van der Waals surface area contributed by atoms with Gasteiger partial charge in [-0.3, -0.25) is 4.72 Å². The first-order chi connectivity index (χ1) is 4.93. The van der Waals surface area contributed by atoms with Gasteiger partial charge in [0.2, 0.25) is 0 Å². The summed E-state index contributed by atoms with van der Waals surface area (Å²) in [6.07, 6.45) is 6.59. The van der Waals surface area contributed by atoms with E-state index in [2.05, 4.69) is 14.7 Å². The maximum Gasteiger partial charge on any atom is 0.0921 e. The number of nitrogens with zero attached hydrogens (tertiary/aromatic N) is 1. The summed E-state index contributed by atoms with van der Waals surface area (Å²) >= 11 is 1.64. The molecule has 0 atom stereocenters. The summed E-state index contributed by atoms with van der Waals surface area (Å²) in [5.74, 6) is 0. The van der Waals surface area contributed by atoms with Gasteiger partial charge in [-0.25, -0.2) is 4.98 Å². The Bertz CT molecular complexity index is 162. The van der Waals surface area contributed by atoms with E-state index in [4.69, 9.17) is 0 Å². The van der Waals surface area contributed by atoms with E-state index < -0.39 is 0 Å². The fourth-order valence-electron chi connectivity index (χ4n) is 0.709. The van der Waals surface area contributed by atoms with Crippen LogP contribution in [0.25, 0.3) is 0 Å². The van der Waals surface area contributed by atoms with Crippen LogP contribution in [0.5, 0.6) is 0 Å². The summed E-state index contributed by atoms with van der Waals surface area (Å²) in [6, 6.07) is 0. The molecule has 3 nitrogen and oxygen atoms in total. The summed E-state index contributed by atoms with van der Waals surface area (Å²) in [4.78, 5) is 6.95. The van der Waals surface area contributed by atoms with Crippen molar-refractivity contribution in [3.63, 3.8) is 0 Å². The smallest absolute Gasteiger partial charge is 0.0921 e. The zero-order valence-corrected chi connectivity index (χ0v) is 6.74. The van der Waals surface area contributed by atoms with Crippen molar-refractivity contribution in [1.82, 2.24) is 14.7 Å². The summed E-state index contributed by atoms with van der Waals surface area (Å²) in [7, 11) is 0. The number of hydrogen-bond acceptors (Lipinski definition) is 3. The number of imidazole rings is 1. The first-order valence-electron chi connectivity index (χ1n) is 3.16. The van der Waals surface area contributed by atoms with Crippen LogP contribution >= 0.6 is 11.9 Å². The van der Waals surface area contributed by atoms with Gasteiger partial charge in [-0.15, -0.1) is 0 Å². The Morgan fingerprint density at radius 1 is 1.80 bits per heavy atom. The standard InChI is InChI=1S/C6H11N3S/c1-10-9-3-2-6-4-7-5-8-6/h4-5,9H,2-3H2,1H3,(H,7,8). The van der Waals surface area contributed by atoms with Crippen molar-refractivity contribution in [2.75, 3.05) is 12.8 Å². The van der Waals surface area contributed by atoms with Crippen molar-refractivity contribution in [3.8, 4) is 0 Å². The van der Waals surface area contributed by atoms with Gasteiger partial charge in [0.1, 0.15) is 0 Å². The first kappa shape index (κ1) is 7.63. The van der Waals surface area contributed by atoms with Crippen molar-refractivity contribution in [1.29, 1.82) is 0 Å². The van der Waals surface area contributed by atoms with Crippen molar-refractivity contribution in [2.45, 2.75) is 6.42 Å². The molecule has 0 radical (unpaired) electrons. The second-order valence-electron chi connectivity index (χ2n) is 1.93. The number of aromatic amines is 1. The Morgan fingerprint density at radius 2 is 2.70 bits per heavy atom. The molecular weight excluding hydrogens is 146 g/mol. The number of hydrogen-bond donors (Lipinski definition) is 2. The maximum absolute atomic E-state index is 3.91. The van der Waals surface area contributed by atoms with E-state index in [1.807, 2.05) is 12.5 Å². The van der Waals surface area contributed by atoms with Crippen LogP contribution in [0.2, 0.25) is 0 Å². The largest absolute Gasteiger partial charge is 0.348 e. The lowest BCUT2D eigenvalue weighted by molar-refractivity contribution is 0.885. The van der Waals surface area contributed by atoms with Crippen LogP contribution in [-0.4, -0.2) is 22.8 Å². The quantitative estimate of drug-likeness (QED) is 0.502. The van der Waals surface area contributed by atoms with Crippen LogP contribution in [0.1, 0.15) is 5.69 Å². The topological polar surface area (TPSA) is 40.7 Å². The van der Waals surface area contributed by atoms with E-state index in [1.54, 1.807) is 18.3 Å². The van der Waals surface area contributed by atoms with Gasteiger partial charge >= 0.3 is 0 Å². The zero-order valence-electron chi connectivity index (χ0n) is 5.92. The highest BCUT2D eigenvalue weighted by atomic mass is 32.2. The minimum Gasteiger partial charge on any atom is -0.348 e. The molecule has 1 heterocycles. The molecule has 0 aromatic carbocycles. The molecule has 0 fully saturated rings. The number of aromatic nitrogens is 2. The number of H-pyrrole nitrogens is 1. The minimum atomic E-state index is 0.989.